The number of anilines is 1. The van der Waals surface area contributed by atoms with Gasteiger partial charge in [-0.15, -0.1) is 0 Å². The van der Waals surface area contributed by atoms with Gasteiger partial charge in [0.15, 0.2) is 11.5 Å². The van der Waals surface area contributed by atoms with E-state index in [4.69, 9.17) is 9.47 Å². The molecule has 0 atom stereocenters. The van der Waals surface area contributed by atoms with Gasteiger partial charge in [0.05, 0.1) is 17.9 Å². The molecule has 2 aliphatic heterocycles. The van der Waals surface area contributed by atoms with Crippen molar-refractivity contribution in [3.05, 3.63) is 17.7 Å². The maximum atomic E-state index is 12.6. The molecule has 0 N–H and O–H groups in total. The molecule has 0 unspecified atom stereocenters. The molecular formula is C19H26N2O4. The maximum Gasteiger partial charge on any atom is 0.300 e. The molecule has 0 fully saturated rings. The summed E-state index contributed by atoms with van der Waals surface area (Å²) >= 11 is 0. The molecule has 0 aliphatic carbocycles. The van der Waals surface area contributed by atoms with Gasteiger partial charge in [-0.05, 0) is 17.9 Å². The van der Waals surface area contributed by atoms with E-state index in [2.05, 4.69) is 32.6 Å². The van der Waals surface area contributed by atoms with Crippen LogP contribution in [-0.4, -0.2) is 49.6 Å². The first-order valence-electron chi connectivity index (χ1n) is 8.89. The zero-order chi connectivity index (χ0) is 18.1. The number of carbonyl (C=O) groups is 2. The third-order valence-electron chi connectivity index (χ3n) is 4.22. The molecule has 136 valence electrons. The van der Waals surface area contributed by atoms with Crippen molar-refractivity contribution in [2.24, 2.45) is 11.8 Å². The molecule has 2 heterocycles. The van der Waals surface area contributed by atoms with Crippen LogP contribution in [0.25, 0.3) is 0 Å². The molecule has 6 nitrogen and oxygen atoms in total. The lowest BCUT2D eigenvalue weighted by Crippen LogP contribution is -2.43. The van der Waals surface area contributed by atoms with Crippen molar-refractivity contribution in [2.75, 3.05) is 37.9 Å². The Balaban J connectivity index is 1.89. The predicted molar refractivity (Wildman–Crippen MR) is 95.4 cm³/mol. The first-order chi connectivity index (χ1) is 11.9. The molecule has 0 saturated carbocycles. The van der Waals surface area contributed by atoms with E-state index in [0.29, 0.717) is 54.5 Å². The number of hydrogen-bond donors (Lipinski definition) is 0. The Labute approximate surface area is 148 Å². The smallest absolute Gasteiger partial charge is 0.300 e. The van der Waals surface area contributed by atoms with Gasteiger partial charge in [0.2, 0.25) is 0 Å². The van der Waals surface area contributed by atoms with Crippen LogP contribution < -0.4 is 14.4 Å². The van der Waals surface area contributed by atoms with Crippen molar-refractivity contribution < 1.29 is 19.1 Å². The molecule has 1 aromatic rings. The van der Waals surface area contributed by atoms with E-state index < -0.39 is 11.7 Å². The topological polar surface area (TPSA) is 59.1 Å². The Bertz CT molecular complexity index is 674. The lowest BCUT2D eigenvalue weighted by Gasteiger charge is -2.30. The highest BCUT2D eigenvalue weighted by molar-refractivity contribution is 6.52. The van der Waals surface area contributed by atoms with Gasteiger partial charge in [-0.2, -0.15) is 0 Å². The highest BCUT2D eigenvalue weighted by Gasteiger charge is 2.38. The molecule has 25 heavy (non-hydrogen) atoms. The summed E-state index contributed by atoms with van der Waals surface area (Å²) in [7, 11) is 0. The van der Waals surface area contributed by atoms with E-state index in [1.54, 1.807) is 17.0 Å². The van der Waals surface area contributed by atoms with Crippen molar-refractivity contribution in [2.45, 2.75) is 27.7 Å². The minimum Gasteiger partial charge on any atom is -0.486 e. The van der Waals surface area contributed by atoms with Crippen LogP contribution in [0, 0.1) is 11.8 Å². The van der Waals surface area contributed by atoms with Crippen molar-refractivity contribution in [3.63, 3.8) is 0 Å². The van der Waals surface area contributed by atoms with Crippen LogP contribution in [0.3, 0.4) is 0 Å². The number of ketones is 1. The van der Waals surface area contributed by atoms with Gasteiger partial charge in [0.1, 0.15) is 13.2 Å². The molecule has 0 aromatic heterocycles. The molecule has 3 rings (SSSR count). The second-order valence-corrected chi connectivity index (χ2v) is 7.54. The lowest BCUT2D eigenvalue weighted by atomic mass is 10.1. The monoisotopic (exact) mass is 346 g/mol. The van der Waals surface area contributed by atoms with E-state index in [1.807, 2.05) is 0 Å². The van der Waals surface area contributed by atoms with E-state index in [0.717, 1.165) is 13.1 Å². The molecule has 0 spiro atoms. The minimum absolute atomic E-state index is 0.406. The number of hydrogen-bond acceptors (Lipinski definition) is 5. The quantitative estimate of drug-likeness (QED) is 0.741. The number of carbonyl (C=O) groups excluding carboxylic acids is 2. The summed E-state index contributed by atoms with van der Waals surface area (Å²) in [6.07, 6.45) is 0. The van der Waals surface area contributed by atoms with Gasteiger partial charge >= 0.3 is 5.91 Å². The van der Waals surface area contributed by atoms with Gasteiger partial charge < -0.3 is 9.47 Å². The third-order valence-corrected chi connectivity index (χ3v) is 4.22. The fraction of sp³-hybridized carbons (Fsp3) is 0.579. The second-order valence-electron chi connectivity index (χ2n) is 7.54. The minimum atomic E-state index is -0.477. The molecular weight excluding hydrogens is 320 g/mol. The maximum absolute atomic E-state index is 12.6. The average molecular weight is 346 g/mol. The second kappa shape index (κ2) is 7.04. The summed E-state index contributed by atoms with van der Waals surface area (Å²) in [5.74, 6) is 1.14. The van der Waals surface area contributed by atoms with Crippen molar-refractivity contribution in [1.29, 1.82) is 0 Å². The number of rotatable bonds is 6. The largest absolute Gasteiger partial charge is 0.486 e. The number of fused-ring (bicyclic) bond motifs is 2. The van der Waals surface area contributed by atoms with E-state index in [9.17, 15) is 9.59 Å². The zero-order valence-corrected chi connectivity index (χ0v) is 15.4. The molecule has 2 aliphatic rings. The SMILES string of the molecule is CC(C)CN(CC(C)C)CN1C(=O)C(=O)c2cc3c(cc21)OCCO3. The molecule has 0 bridgehead atoms. The average Bonchev–Trinajstić information content (AvgIpc) is 2.76. The van der Waals surface area contributed by atoms with E-state index in [1.165, 1.54) is 0 Å². The Morgan fingerprint density at radius 3 is 2.12 bits per heavy atom. The highest BCUT2D eigenvalue weighted by Crippen LogP contribution is 2.40. The standard InChI is InChI=1S/C19H26N2O4/c1-12(2)9-20(10-13(3)4)11-21-15-8-17-16(24-5-6-25-17)7-14(15)18(22)19(21)23/h7-8,12-13H,5-6,9-11H2,1-4H3. The zero-order valence-electron chi connectivity index (χ0n) is 15.4. The van der Waals surface area contributed by atoms with Crippen LogP contribution in [-0.2, 0) is 4.79 Å². The lowest BCUT2D eigenvalue weighted by molar-refractivity contribution is -0.114. The molecule has 0 saturated heterocycles. The summed E-state index contributed by atoms with van der Waals surface area (Å²) < 4.78 is 11.2. The summed E-state index contributed by atoms with van der Waals surface area (Å²) in [5, 5.41) is 0. The number of ether oxygens (including phenoxy) is 2. The summed E-state index contributed by atoms with van der Waals surface area (Å²) in [5.41, 5.74) is 1.03. The highest BCUT2D eigenvalue weighted by atomic mass is 16.6. The van der Waals surface area contributed by atoms with E-state index in [-0.39, 0.29) is 0 Å². The van der Waals surface area contributed by atoms with Crippen LogP contribution in [0.15, 0.2) is 12.1 Å². The molecule has 1 amide bonds. The first-order valence-corrected chi connectivity index (χ1v) is 8.89. The summed E-state index contributed by atoms with van der Waals surface area (Å²) in [6.45, 7) is 11.7. The number of benzene rings is 1. The number of nitrogens with zero attached hydrogens (tertiary/aromatic N) is 2. The number of Topliss-reactive ketones (excluding diaryl/α,β-unsaturated/α-hetero) is 1. The van der Waals surface area contributed by atoms with Gasteiger partial charge in [-0.1, -0.05) is 27.7 Å². The van der Waals surface area contributed by atoms with Crippen LogP contribution in [0.4, 0.5) is 5.69 Å². The molecule has 6 heteroatoms. The Morgan fingerprint density at radius 1 is 1.00 bits per heavy atom. The van der Waals surface area contributed by atoms with Gasteiger partial charge in [-0.25, -0.2) is 0 Å². The van der Waals surface area contributed by atoms with Gasteiger partial charge in [-0.3, -0.25) is 19.4 Å². The predicted octanol–water partition coefficient (Wildman–Crippen LogP) is 2.56. The van der Waals surface area contributed by atoms with Gasteiger partial charge in [0, 0.05) is 19.2 Å². The normalized spacial score (nSPS) is 16.4. The fourth-order valence-corrected chi connectivity index (χ4v) is 3.39. The van der Waals surface area contributed by atoms with Crippen LogP contribution in [0.5, 0.6) is 11.5 Å². The van der Waals surface area contributed by atoms with Crippen LogP contribution >= 0.6 is 0 Å². The van der Waals surface area contributed by atoms with Crippen molar-refractivity contribution in [3.8, 4) is 11.5 Å². The van der Waals surface area contributed by atoms with Crippen LogP contribution in [0.1, 0.15) is 38.1 Å². The van der Waals surface area contributed by atoms with Crippen molar-refractivity contribution >= 4 is 17.4 Å². The van der Waals surface area contributed by atoms with Crippen molar-refractivity contribution in [1.82, 2.24) is 4.90 Å². The third kappa shape index (κ3) is 3.63. The van der Waals surface area contributed by atoms with E-state index >= 15 is 0 Å². The summed E-state index contributed by atoms with van der Waals surface area (Å²) in [6, 6.07) is 3.40. The number of amides is 1. The molecule has 1 aromatic carbocycles. The Hall–Kier alpha value is -2.08. The first kappa shape index (κ1) is 17.7. The summed E-state index contributed by atoms with van der Waals surface area (Å²) in [4.78, 5) is 28.8. The Kier molecular flexibility index (Phi) is 4.99. The van der Waals surface area contributed by atoms with Crippen LogP contribution in [0.2, 0.25) is 0 Å². The Morgan fingerprint density at radius 2 is 1.56 bits per heavy atom. The molecule has 0 radical (unpaired) electrons. The fourth-order valence-electron chi connectivity index (χ4n) is 3.39. The van der Waals surface area contributed by atoms with Gasteiger partial charge in [0.25, 0.3) is 5.78 Å².